The van der Waals surface area contributed by atoms with Crippen molar-refractivity contribution in [1.82, 2.24) is 10.7 Å². The average Bonchev–Trinajstić information content (AvgIpc) is 1.68. The normalized spacial score (nSPS) is 7.00. The minimum atomic E-state index is 0.648. The lowest BCUT2D eigenvalue weighted by Crippen LogP contribution is -2.16. The summed E-state index contributed by atoms with van der Waals surface area (Å²) in [7, 11) is 1.75. The Hall–Kier alpha value is -0.990. The minimum absolute atomic E-state index is 0.648. The zero-order chi connectivity index (χ0) is 5.70. The van der Waals surface area contributed by atoms with E-state index in [-0.39, 0.29) is 0 Å². The molecule has 2 N–H and O–H groups in total. The maximum atomic E-state index is 3.51. The van der Waals surface area contributed by atoms with E-state index in [0.717, 1.165) is 0 Å². The van der Waals surface area contributed by atoms with Crippen LogP contribution >= 0.6 is 0 Å². The molecule has 0 aromatic heterocycles. The molecule has 0 amide bonds. The molecule has 0 saturated heterocycles. The summed E-state index contributed by atoms with van der Waals surface area (Å²) in [5.74, 6) is 0.648. The molecule has 0 radical (unpaired) electrons. The van der Waals surface area contributed by atoms with Crippen molar-refractivity contribution in [2.24, 2.45) is 5.10 Å². The van der Waals surface area contributed by atoms with E-state index in [1.807, 2.05) is 0 Å². The molecule has 0 aromatic carbocycles. The van der Waals surface area contributed by atoms with E-state index in [0.29, 0.717) is 5.82 Å². The number of hydrogen-bond acceptors (Lipinski definition) is 3. The van der Waals surface area contributed by atoms with E-state index >= 15 is 0 Å². The predicted molar refractivity (Wildman–Crippen MR) is 30.9 cm³/mol. The van der Waals surface area contributed by atoms with Crippen LogP contribution in [-0.4, -0.2) is 13.8 Å². The lowest BCUT2D eigenvalue weighted by molar-refractivity contribution is 0.794. The number of hydrogen-bond donors (Lipinski definition) is 2. The molecule has 0 atom stereocenters. The number of hydrazone groups is 1. The van der Waals surface area contributed by atoms with Gasteiger partial charge in [-0.15, -0.1) is 0 Å². The quantitative estimate of drug-likeness (QED) is 0.382. The molecule has 0 spiro atoms. The monoisotopic (exact) mass is 99.1 g/mol. The summed E-state index contributed by atoms with van der Waals surface area (Å²) < 4.78 is 0. The lowest BCUT2D eigenvalue weighted by atomic mass is 10.8. The molecule has 0 heterocycles. The highest BCUT2D eigenvalue weighted by molar-refractivity contribution is 5.22. The van der Waals surface area contributed by atoms with Crippen LogP contribution in [0.3, 0.4) is 0 Å². The summed E-state index contributed by atoms with van der Waals surface area (Å²) in [4.78, 5) is 0. The van der Waals surface area contributed by atoms with Crippen LogP contribution in [0.15, 0.2) is 17.5 Å². The van der Waals surface area contributed by atoms with Crippen LogP contribution in [0.5, 0.6) is 0 Å². The van der Waals surface area contributed by atoms with Crippen molar-refractivity contribution in [2.45, 2.75) is 0 Å². The van der Waals surface area contributed by atoms with Gasteiger partial charge in [-0.25, -0.2) is 0 Å². The van der Waals surface area contributed by atoms with Crippen LogP contribution < -0.4 is 10.7 Å². The minimum Gasteiger partial charge on any atom is -0.374 e. The van der Waals surface area contributed by atoms with Crippen molar-refractivity contribution in [2.75, 3.05) is 7.05 Å². The van der Waals surface area contributed by atoms with Crippen molar-refractivity contribution < 1.29 is 0 Å². The maximum absolute atomic E-state index is 3.51. The van der Waals surface area contributed by atoms with Gasteiger partial charge in [-0.05, 0) is 0 Å². The average molecular weight is 99.1 g/mol. The molecule has 0 saturated carbocycles. The van der Waals surface area contributed by atoms with Crippen LogP contribution in [0.2, 0.25) is 0 Å². The molecule has 0 fully saturated rings. The first-order valence-electron chi connectivity index (χ1n) is 1.89. The molecular weight excluding hydrogens is 90.1 g/mol. The summed E-state index contributed by atoms with van der Waals surface area (Å²) in [6.07, 6.45) is 0. The van der Waals surface area contributed by atoms with Crippen LogP contribution in [0.25, 0.3) is 0 Å². The molecule has 0 aliphatic carbocycles. The van der Waals surface area contributed by atoms with Crippen molar-refractivity contribution >= 4 is 6.72 Å². The molecule has 0 aromatic rings. The van der Waals surface area contributed by atoms with Crippen LogP contribution in [0.1, 0.15) is 0 Å². The third-order valence-electron chi connectivity index (χ3n) is 0.516. The zero-order valence-electron chi connectivity index (χ0n) is 4.36. The summed E-state index contributed by atoms with van der Waals surface area (Å²) in [6, 6.07) is 0. The largest absolute Gasteiger partial charge is 0.374 e. The first-order valence-corrected chi connectivity index (χ1v) is 1.89. The number of nitrogens with one attached hydrogen (secondary N) is 2. The Balaban J connectivity index is 3.17. The third kappa shape index (κ3) is 2.82. The van der Waals surface area contributed by atoms with E-state index in [2.05, 4.69) is 29.1 Å². The Kier molecular flexibility index (Phi) is 2.76. The third-order valence-corrected chi connectivity index (χ3v) is 0.516. The fourth-order valence-electron chi connectivity index (χ4n) is 0.151. The second-order valence-electron chi connectivity index (χ2n) is 0.998. The van der Waals surface area contributed by atoms with Gasteiger partial charge in [0.1, 0.15) is 5.82 Å². The van der Waals surface area contributed by atoms with Gasteiger partial charge in [-0.2, -0.15) is 5.10 Å². The van der Waals surface area contributed by atoms with Gasteiger partial charge in [0.2, 0.25) is 0 Å². The molecule has 3 nitrogen and oxygen atoms in total. The van der Waals surface area contributed by atoms with E-state index in [1.165, 1.54) is 0 Å². The van der Waals surface area contributed by atoms with Crippen LogP contribution in [0.4, 0.5) is 0 Å². The SMILES string of the molecule is C=NNC(=C)NC. The second-order valence-corrected chi connectivity index (χ2v) is 0.998. The van der Waals surface area contributed by atoms with Crippen molar-refractivity contribution in [3.05, 3.63) is 12.4 Å². The Morgan fingerprint density at radius 3 is 2.43 bits per heavy atom. The van der Waals surface area contributed by atoms with Gasteiger partial charge in [-0.3, -0.25) is 5.43 Å². The summed E-state index contributed by atoms with van der Waals surface area (Å²) in [6.45, 7) is 6.69. The molecule has 40 valence electrons. The Morgan fingerprint density at radius 1 is 1.71 bits per heavy atom. The highest BCUT2D eigenvalue weighted by atomic mass is 15.3. The fourth-order valence-corrected chi connectivity index (χ4v) is 0.151. The highest BCUT2D eigenvalue weighted by Crippen LogP contribution is 1.67. The van der Waals surface area contributed by atoms with Crippen molar-refractivity contribution in [3.63, 3.8) is 0 Å². The topological polar surface area (TPSA) is 36.4 Å². The van der Waals surface area contributed by atoms with Crippen LogP contribution in [0, 0.1) is 0 Å². The van der Waals surface area contributed by atoms with E-state index in [1.54, 1.807) is 7.05 Å². The Labute approximate surface area is 43.1 Å². The number of nitrogens with zero attached hydrogens (tertiary/aromatic N) is 1. The molecule has 0 aliphatic heterocycles. The van der Waals surface area contributed by atoms with Gasteiger partial charge in [0.25, 0.3) is 0 Å². The second kappa shape index (κ2) is 3.21. The van der Waals surface area contributed by atoms with E-state index in [4.69, 9.17) is 0 Å². The van der Waals surface area contributed by atoms with Gasteiger partial charge >= 0.3 is 0 Å². The van der Waals surface area contributed by atoms with Gasteiger partial charge in [-0.1, -0.05) is 6.58 Å². The highest BCUT2D eigenvalue weighted by Gasteiger charge is 1.75. The van der Waals surface area contributed by atoms with Crippen molar-refractivity contribution in [1.29, 1.82) is 0 Å². The predicted octanol–water partition coefficient (Wildman–Crippen LogP) is -0.118. The molecule has 0 rings (SSSR count). The first kappa shape index (κ1) is 6.01. The van der Waals surface area contributed by atoms with Crippen LogP contribution in [-0.2, 0) is 0 Å². The lowest BCUT2D eigenvalue weighted by Gasteiger charge is -1.98. The summed E-state index contributed by atoms with van der Waals surface area (Å²) in [5, 5.41) is 6.07. The fraction of sp³-hybridized carbons (Fsp3) is 0.250. The Morgan fingerprint density at radius 2 is 2.29 bits per heavy atom. The molecule has 0 unspecified atom stereocenters. The Bertz CT molecular complexity index is 77.0. The first-order chi connectivity index (χ1) is 3.31. The molecule has 3 heteroatoms. The zero-order valence-corrected chi connectivity index (χ0v) is 4.36. The van der Waals surface area contributed by atoms with Crippen molar-refractivity contribution in [3.8, 4) is 0 Å². The molecular formula is C4H9N3. The van der Waals surface area contributed by atoms with Gasteiger partial charge in [0.05, 0.1) is 0 Å². The molecule has 0 aliphatic rings. The van der Waals surface area contributed by atoms with E-state index in [9.17, 15) is 0 Å². The van der Waals surface area contributed by atoms with Gasteiger partial charge in [0, 0.05) is 13.8 Å². The smallest absolute Gasteiger partial charge is 0.112 e. The summed E-state index contributed by atoms with van der Waals surface area (Å²) in [5.41, 5.74) is 2.50. The molecule has 7 heavy (non-hydrogen) atoms. The molecule has 0 bridgehead atoms. The number of rotatable bonds is 3. The van der Waals surface area contributed by atoms with Gasteiger partial charge in [0.15, 0.2) is 0 Å². The summed E-state index contributed by atoms with van der Waals surface area (Å²) >= 11 is 0. The maximum Gasteiger partial charge on any atom is 0.112 e. The van der Waals surface area contributed by atoms with Gasteiger partial charge < -0.3 is 5.32 Å². The standard InChI is InChI=1S/C4H9N3/c1-4(5-2)7-6-3/h5,7H,1,3H2,2H3. The van der Waals surface area contributed by atoms with E-state index < -0.39 is 0 Å².